The number of carbonyl (C=O) groups excluding carboxylic acids is 2. The first kappa shape index (κ1) is 23.4. The van der Waals surface area contributed by atoms with Crippen molar-refractivity contribution < 1.29 is 9.59 Å². The number of hydrogen-bond acceptors (Lipinski definition) is 3. The van der Waals surface area contributed by atoms with Gasteiger partial charge in [0.25, 0.3) is 0 Å². The van der Waals surface area contributed by atoms with Crippen LogP contribution in [0.25, 0.3) is 10.8 Å². The molecule has 2 heterocycles. The van der Waals surface area contributed by atoms with Gasteiger partial charge in [0.2, 0.25) is 11.8 Å². The molecule has 0 spiro atoms. The number of nitrogens with zero attached hydrogens (tertiary/aromatic N) is 2. The highest BCUT2D eigenvalue weighted by Gasteiger charge is 2.36. The van der Waals surface area contributed by atoms with Crippen LogP contribution in [0.15, 0.2) is 78.3 Å². The molecule has 0 aliphatic heterocycles. The lowest BCUT2D eigenvalue weighted by atomic mass is 9.95. The third-order valence-corrected chi connectivity index (χ3v) is 7.80. The van der Waals surface area contributed by atoms with Gasteiger partial charge in [-0.05, 0) is 47.9 Å². The second-order valence-electron chi connectivity index (χ2n) is 9.31. The second kappa shape index (κ2) is 10.5. The van der Waals surface area contributed by atoms with Gasteiger partial charge in [0.05, 0.1) is 17.8 Å². The van der Waals surface area contributed by atoms with Crippen LogP contribution in [0.5, 0.6) is 0 Å². The first-order valence-corrected chi connectivity index (χ1v) is 13.2. The van der Waals surface area contributed by atoms with Crippen molar-refractivity contribution in [3.05, 3.63) is 88.9 Å². The van der Waals surface area contributed by atoms with Crippen LogP contribution < -0.4 is 10.2 Å². The van der Waals surface area contributed by atoms with Crippen molar-refractivity contribution in [2.45, 2.75) is 50.6 Å². The summed E-state index contributed by atoms with van der Waals surface area (Å²) in [4.78, 5) is 30.8. The molecule has 6 heteroatoms. The Hall–Kier alpha value is -3.38. The number of fused-ring (bicyclic) bond motifs is 1. The van der Waals surface area contributed by atoms with Crippen molar-refractivity contribution in [1.82, 2.24) is 9.88 Å². The molecule has 180 valence electrons. The van der Waals surface area contributed by atoms with E-state index >= 15 is 0 Å². The lowest BCUT2D eigenvalue weighted by Gasteiger charge is -2.34. The van der Waals surface area contributed by atoms with Gasteiger partial charge in [0, 0.05) is 29.5 Å². The summed E-state index contributed by atoms with van der Waals surface area (Å²) in [5.41, 5.74) is 1.56. The predicted molar refractivity (Wildman–Crippen MR) is 143 cm³/mol. The number of aryl methyl sites for hydroxylation is 1. The molecule has 1 aliphatic carbocycles. The van der Waals surface area contributed by atoms with E-state index in [-0.39, 0.29) is 24.3 Å². The maximum absolute atomic E-state index is 14.0. The van der Waals surface area contributed by atoms with Gasteiger partial charge in [-0.25, -0.2) is 0 Å². The van der Waals surface area contributed by atoms with Crippen LogP contribution in [0, 0.1) is 0 Å². The highest BCUT2D eigenvalue weighted by molar-refractivity contribution is 7.10. The number of aromatic nitrogens is 1. The Morgan fingerprint density at radius 2 is 1.80 bits per heavy atom. The standard InChI is InChI=1S/C29H31N3O2S/c1-31-18-8-17-26(31)28(29(34)30-22-12-3-2-4-13-22)32(27(33)20-23-14-9-19-35-23)25-16-7-11-21-10-5-6-15-24(21)25/h5-11,14-19,22,28H,2-4,12-13,20H2,1H3,(H,30,34)/t28-/m0/s1. The highest BCUT2D eigenvalue weighted by atomic mass is 32.1. The SMILES string of the molecule is Cn1cccc1[C@@H](C(=O)NC1CCCCC1)N(C(=O)Cc1cccs1)c1cccc2ccccc12. The number of hydrogen-bond donors (Lipinski definition) is 1. The fourth-order valence-corrected chi connectivity index (χ4v) is 5.85. The van der Waals surface area contributed by atoms with E-state index < -0.39 is 6.04 Å². The van der Waals surface area contributed by atoms with Crippen LogP contribution in [-0.2, 0) is 23.1 Å². The number of thiophene rings is 1. The highest BCUT2D eigenvalue weighted by Crippen LogP contribution is 2.35. The molecule has 5 rings (SSSR count). The molecule has 1 N–H and O–H groups in total. The summed E-state index contributed by atoms with van der Waals surface area (Å²) < 4.78 is 1.95. The van der Waals surface area contributed by atoms with Gasteiger partial charge in [0.1, 0.15) is 0 Å². The molecule has 0 unspecified atom stereocenters. The zero-order valence-electron chi connectivity index (χ0n) is 20.0. The van der Waals surface area contributed by atoms with E-state index in [0.29, 0.717) is 0 Å². The summed E-state index contributed by atoms with van der Waals surface area (Å²) in [5.74, 6) is -0.208. The normalized spacial score (nSPS) is 15.1. The third-order valence-electron chi connectivity index (χ3n) is 6.92. The predicted octanol–water partition coefficient (Wildman–Crippen LogP) is 6.01. The van der Waals surface area contributed by atoms with Gasteiger partial charge < -0.3 is 9.88 Å². The van der Waals surface area contributed by atoms with Gasteiger partial charge in [-0.15, -0.1) is 11.3 Å². The van der Waals surface area contributed by atoms with Crippen molar-refractivity contribution >= 4 is 39.6 Å². The van der Waals surface area contributed by atoms with Crippen molar-refractivity contribution in [2.75, 3.05) is 4.90 Å². The Morgan fingerprint density at radius 1 is 1.00 bits per heavy atom. The Balaban J connectivity index is 1.62. The van der Waals surface area contributed by atoms with Crippen molar-refractivity contribution in [2.24, 2.45) is 7.05 Å². The van der Waals surface area contributed by atoms with E-state index in [2.05, 4.69) is 5.32 Å². The lowest BCUT2D eigenvalue weighted by molar-refractivity contribution is -0.127. The minimum atomic E-state index is -0.768. The minimum absolute atomic E-state index is 0.0891. The molecule has 1 atom stereocenters. The Kier molecular flexibility index (Phi) is 7.00. The number of amides is 2. The fourth-order valence-electron chi connectivity index (χ4n) is 5.15. The van der Waals surface area contributed by atoms with E-state index in [1.165, 1.54) is 6.42 Å². The van der Waals surface area contributed by atoms with Crippen LogP contribution in [0.2, 0.25) is 0 Å². The molecule has 0 saturated heterocycles. The Morgan fingerprint density at radius 3 is 2.54 bits per heavy atom. The number of benzene rings is 2. The van der Waals surface area contributed by atoms with Crippen molar-refractivity contribution in [3.8, 4) is 0 Å². The smallest absolute Gasteiger partial charge is 0.249 e. The number of rotatable bonds is 7. The summed E-state index contributed by atoms with van der Waals surface area (Å²) in [6.07, 6.45) is 7.63. The average molecular weight is 486 g/mol. The molecular formula is C29H31N3O2S. The average Bonchev–Trinajstić information content (AvgIpc) is 3.54. The number of carbonyl (C=O) groups is 2. The summed E-state index contributed by atoms with van der Waals surface area (Å²) in [6, 6.07) is 21.2. The van der Waals surface area contributed by atoms with Crippen molar-refractivity contribution in [1.29, 1.82) is 0 Å². The van der Waals surface area contributed by atoms with Gasteiger partial charge in [0.15, 0.2) is 6.04 Å². The topological polar surface area (TPSA) is 54.3 Å². The molecular weight excluding hydrogens is 454 g/mol. The molecule has 0 bridgehead atoms. The lowest BCUT2D eigenvalue weighted by Crippen LogP contribution is -2.48. The Bertz CT molecular complexity index is 1300. The van der Waals surface area contributed by atoms with Gasteiger partial charge >= 0.3 is 0 Å². The van der Waals surface area contributed by atoms with Crippen LogP contribution in [0.3, 0.4) is 0 Å². The van der Waals surface area contributed by atoms with Gasteiger partial charge in [-0.2, -0.15) is 0 Å². The molecule has 1 aliphatic rings. The number of nitrogens with one attached hydrogen (secondary N) is 1. The van der Waals surface area contributed by atoms with Crippen LogP contribution in [0.4, 0.5) is 5.69 Å². The van der Waals surface area contributed by atoms with Crippen molar-refractivity contribution in [3.63, 3.8) is 0 Å². The van der Waals surface area contributed by atoms with E-state index in [9.17, 15) is 9.59 Å². The quantitative estimate of drug-likeness (QED) is 0.349. The molecule has 2 amide bonds. The van der Waals surface area contributed by atoms with Crippen LogP contribution in [0.1, 0.15) is 48.7 Å². The summed E-state index contributed by atoms with van der Waals surface area (Å²) in [5, 5.41) is 7.28. The molecule has 1 saturated carbocycles. The molecule has 2 aromatic heterocycles. The fraction of sp³-hybridized carbons (Fsp3) is 0.310. The largest absolute Gasteiger partial charge is 0.352 e. The van der Waals surface area contributed by atoms with E-state index in [1.807, 2.05) is 89.9 Å². The molecule has 5 nitrogen and oxygen atoms in total. The minimum Gasteiger partial charge on any atom is -0.352 e. The maximum atomic E-state index is 14.0. The first-order chi connectivity index (χ1) is 17.1. The molecule has 0 radical (unpaired) electrons. The molecule has 1 fully saturated rings. The van der Waals surface area contributed by atoms with Crippen LogP contribution in [-0.4, -0.2) is 22.4 Å². The second-order valence-corrected chi connectivity index (χ2v) is 10.3. The molecule has 35 heavy (non-hydrogen) atoms. The summed E-state index contributed by atoms with van der Waals surface area (Å²) in [6.45, 7) is 0. The molecule has 2 aromatic carbocycles. The summed E-state index contributed by atoms with van der Waals surface area (Å²) in [7, 11) is 1.93. The monoisotopic (exact) mass is 485 g/mol. The van der Waals surface area contributed by atoms with Crippen LogP contribution >= 0.6 is 11.3 Å². The van der Waals surface area contributed by atoms with E-state index in [4.69, 9.17) is 0 Å². The number of anilines is 1. The Labute approximate surface area is 210 Å². The van der Waals surface area contributed by atoms with E-state index in [0.717, 1.165) is 52.7 Å². The zero-order chi connectivity index (χ0) is 24.2. The first-order valence-electron chi connectivity index (χ1n) is 12.4. The molecule has 4 aromatic rings. The maximum Gasteiger partial charge on any atom is 0.249 e. The van der Waals surface area contributed by atoms with E-state index in [1.54, 1.807) is 16.2 Å². The summed E-state index contributed by atoms with van der Waals surface area (Å²) >= 11 is 1.56. The zero-order valence-corrected chi connectivity index (χ0v) is 20.8. The van der Waals surface area contributed by atoms with Gasteiger partial charge in [-0.3, -0.25) is 14.5 Å². The van der Waals surface area contributed by atoms with Gasteiger partial charge in [-0.1, -0.05) is 61.7 Å². The third kappa shape index (κ3) is 5.03.